The third-order valence-corrected chi connectivity index (χ3v) is 5.24. The Kier molecular flexibility index (Phi) is 5.57. The zero-order chi connectivity index (χ0) is 20.1. The summed E-state index contributed by atoms with van der Waals surface area (Å²) in [4.78, 5) is 15.7. The highest BCUT2D eigenvalue weighted by molar-refractivity contribution is 7.92. The number of ether oxygens (including phenoxy) is 1. The van der Waals surface area contributed by atoms with Gasteiger partial charge in [0.05, 0.1) is 16.1 Å². The topological polar surface area (TPSA) is 118 Å². The highest BCUT2D eigenvalue weighted by Crippen LogP contribution is 2.26. The van der Waals surface area contributed by atoms with Gasteiger partial charge in [-0.3, -0.25) is 19.7 Å². The zero-order valence-corrected chi connectivity index (χ0v) is 15.6. The Hall–Kier alpha value is -3.43. The second kappa shape index (κ2) is 8.07. The molecule has 2 aromatic carbocycles. The summed E-state index contributed by atoms with van der Waals surface area (Å²) in [5, 5.41) is 8.88. The molecule has 1 amide bonds. The molecule has 3 aromatic rings. The van der Waals surface area contributed by atoms with Crippen LogP contribution >= 0.6 is 0 Å². The lowest BCUT2D eigenvalue weighted by atomic mass is 10.1. The number of benzene rings is 2. The third kappa shape index (κ3) is 4.27. The van der Waals surface area contributed by atoms with Crippen molar-refractivity contribution in [1.82, 2.24) is 10.5 Å². The molecule has 0 aliphatic rings. The van der Waals surface area contributed by atoms with Gasteiger partial charge in [0, 0.05) is 12.4 Å². The number of aromatic nitrogens is 1. The Bertz CT molecular complexity index is 1080. The van der Waals surface area contributed by atoms with Crippen molar-refractivity contribution < 1.29 is 23.2 Å². The Morgan fingerprint density at radius 2 is 1.64 bits per heavy atom. The highest BCUT2D eigenvalue weighted by atomic mass is 32.2. The molecule has 144 valence electrons. The molecule has 0 spiro atoms. The lowest BCUT2D eigenvalue weighted by molar-refractivity contribution is 0.0707. The fourth-order valence-corrected chi connectivity index (χ4v) is 3.63. The molecule has 0 fully saturated rings. The van der Waals surface area contributed by atoms with Gasteiger partial charge >= 0.3 is 0 Å². The summed E-state index contributed by atoms with van der Waals surface area (Å²) < 4.78 is 33.5. The summed E-state index contributed by atoms with van der Waals surface area (Å²) in [6, 6.07) is 13.8. The first kappa shape index (κ1) is 19.3. The van der Waals surface area contributed by atoms with Crippen LogP contribution in [0.4, 0.5) is 5.69 Å². The van der Waals surface area contributed by atoms with Crippen LogP contribution in [-0.4, -0.2) is 24.5 Å². The number of aryl methyl sites for hydroxylation is 1. The van der Waals surface area contributed by atoms with Crippen molar-refractivity contribution in [2.45, 2.75) is 11.8 Å². The molecule has 9 heteroatoms. The van der Waals surface area contributed by atoms with Crippen molar-refractivity contribution in [3.63, 3.8) is 0 Å². The summed E-state index contributed by atoms with van der Waals surface area (Å²) in [7, 11) is -3.97. The van der Waals surface area contributed by atoms with E-state index in [2.05, 4.69) is 9.71 Å². The number of hydrogen-bond acceptors (Lipinski definition) is 6. The van der Waals surface area contributed by atoms with E-state index in [0.29, 0.717) is 17.1 Å². The molecule has 3 rings (SSSR count). The molecule has 1 aromatic heterocycles. The van der Waals surface area contributed by atoms with E-state index >= 15 is 0 Å². The van der Waals surface area contributed by atoms with Gasteiger partial charge in [0.15, 0.2) is 0 Å². The molecule has 28 heavy (non-hydrogen) atoms. The standard InChI is InChI=1S/C19H17N3O5S/c1-13-3-2-4-17(19(23)21-24)18(13)22-28(25,26)16-7-5-14(6-8-16)27-15-9-11-20-12-10-15/h2-12,22,24H,1H3,(H,21,23). The van der Waals surface area contributed by atoms with Gasteiger partial charge < -0.3 is 4.74 Å². The maximum Gasteiger partial charge on any atom is 0.276 e. The van der Waals surface area contributed by atoms with Crippen LogP contribution in [0.15, 0.2) is 71.9 Å². The van der Waals surface area contributed by atoms with Gasteiger partial charge in [-0.25, -0.2) is 13.9 Å². The largest absolute Gasteiger partial charge is 0.457 e. The fraction of sp³-hybridized carbons (Fsp3) is 0.0526. The molecule has 0 saturated carbocycles. The Morgan fingerprint density at radius 3 is 2.29 bits per heavy atom. The van der Waals surface area contributed by atoms with Crippen molar-refractivity contribution in [1.29, 1.82) is 0 Å². The van der Waals surface area contributed by atoms with Crippen molar-refractivity contribution in [2.24, 2.45) is 0 Å². The molecule has 0 aliphatic carbocycles. The Morgan fingerprint density at radius 1 is 1.00 bits per heavy atom. The lowest BCUT2D eigenvalue weighted by Gasteiger charge is -2.14. The van der Waals surface area contributed by atoms with Crippen molar-refractivity contribution in [3.8, 4) is 11.5 Å². The summed E-state index contributed by atoms with van der Waals surface area (Å²) >= 11 is 0. The predicted molar refractivity (Wildman–Crippen MR) is 102 cm³/mol. The number of para-hydroxylation sites is 1. The number of sulfonamides is 1. The van der Waals surface area contributed by atoms with Crippen LogP contribution < -0.4 is 14.9 Å². The van der Waals surface area contributed by atoms with Gasteiger partial charge in [-0.15, -0.1) is 0 Å². The molecule has 0 atom stereocenters. The molecule has 0 bridgehead atoms. The average molecular weight is 399 g/mol. The number of carbonyl (C=O) groups is 1. The van der Waals surface area contributed by atoms with Crippen LogP contribution in [0, 0.1) is 6.92 Å². The monoisotopic (exact) mass is 399 g/mol. The van der Waals surface area contributed by atoms with E-state index in [1.54, 1.807) is 43.6 Å². The molecular weight excluding hydrogens is 382 g/mol. The zero-order valence-electron chi connectivity index (χ0n) is 14.8. The van der Waals surface area contributed by atoms with Crippen molar-refractivity contribution in [3.05, 3.63) is 78.1 Å². The number of rotatable bonds is 6. The predicted octanol–water partition coefficient (Wildman–Crippen LogP) is 3.10. The fourth-order valence-electron chi connectivity index (χ4n) is 2.48. The highest BCUT2D eigenvalue weighted by Gasteiger charge is 2.20. The van der Waals surface area contributed by atoms with Crippen LogP contribution in [0.1, 0.15) is 15.9 Å². The molecular formula is C19H17N3O5S. The molecule has 0 saturated heterocycles. The summed E-state index contributed by atoms with van der Waals surface area (Å²) in [6.07, 6.45) is 3.17. The van der Waals surface area contributed by atoms with Crippen LogP contribution in [0.2, 0.25) is 0 Å². The van der Waals surface area contributed by atoms with Gasteiger partial charge in [0.25, 0.3) is 15.9 Å². The number of hydrogen-bond donors (Lipinski definition) is 3. The first-order valence-electron chi connectivity index (χ1n) is 8.15. The van der Waals surface area contributed by atoms with E-state index in [0.717, 1.165) is 0 Å². The molecule has 0 unspecified atom stereocenters. The van der Waals surface area contributed by atoms with Crippen LogP contribution in [0.25, 0.3) is 0 Å². The van der Waals surface area contributed by atoms with Crippen LogP contribution in [0.5, 0.6) is 11.5 Å². The van der Waals surface area contributed by atoms with E-state index < -0.39 is 15.9 Å². The maximum atomic E-state index is 12.7. The quantitative estimate of drug-likeness (QED) is 0.433. The third-order valence-electron chi connectivity index (χ3n) is 3.87. The smallest absolute Gasteiger partial charge is 0.276 e. The minimum Gasteiger partial charge on any atom is -0.457 e. The van der Waals surface area contributed by atoms with Crippen LogP contribution in [-0.2, 0) is 10.0 Å². The second-order valence-corrected chi connectivity index (χ2v) is 7.48. The van der Waals surface area contributed by atoms with E-state index in [1.165, 1.54) is 35.8 Å². The minimum atomic E-state index is -3.97. The van der Waals surface area contributed by atoms with Gasteiger partial charge in [0.1, 0.15) is 11.5 Å². The molecule has 0 aliphatic heterocycles. The minimum absolute atomic E-state index is 0.00344. The molecule has 1 heterocycles. The lowest BCUT2D eigenvalue weighted by Crippen LogP contribution is -2.22. The number of anilines is 1. The molecule has 0 radical (unpaired) electrons. The van der Waals surface area contributed by atoms with E-state index in [-0.39, 0.29) is 16.1 Å². The van der Waals surface area contributed by atoms with Gasteiger partial charge in [-0.1, -0.05) is 12.1 Å². The first-order valence-corrected chi connectivity index (χ1v) is 9.64. The Balaban J connectivity index is 1.85. The second-order valence-electron chi connectivity index (χ2n) is 5.80. The number of hydroxylamine groups is 1. The van der Waals surface area contributed by atoms with E-state index in [1.807, 2.05) is 0 Å². The number of nitrogens with zero attached hydrogens (tertiary/aromatic N) is 1. The molecule has 3 N–H and O–H groups in total. The maximum absolute atomic E-state index is 12.7. The van der Waals surface area contributed by atoms with Gasteiger partial charge in [0.2, 0.25) is 0 Å². The van der Waals surface area contributed by atoms with E-state index in [4.69, 9.17) is 9.94 Å². The van der Waals surface area contributed by atoms with Gasteiger partial charge in [-0.2, -0.15) is 0 Å². The number of nitrogens with one attached hydrogen (secondary N) is 2. The first-order chi connectivity index (χ1) is 13.4. The number of pyridine rings is 1. The van der Waals surface area contributed by atoms with Crippen molar-refractivity contribution in [2.75, 3.05) is 4.72 Å². The van der Waals surface area contributed by atoms with Gasteiger partial charge in [-0.05, 0) is 55.0 Å². The SMILES string of the molecule is Cc1cccc(C(=O)NO)c1NS(=O)(=O)c1ccc(Oc2ccncc2)cc1. The number of carbonyl (C=O) groups excluding carboxylic acids is 1. The average Bonchev–Trinajstić information content (AvgIpc) is 2.70. The van der Waals surface area contributed by atoms with Crippen LogP contribution in [0.3, 0.4) is 0 Å². The molecule has 8 nitrogen and oxygen atoms in total. The summed E-state index contributed by atoms with van der Waals surface area (Å²) in [5.41, 5.74) is 2.13. The van der Waals surface area contributed by atoms with E-state index in [9.17, 15) is 13.2 Å². The normalized spacial score (nSPS) is 10.9. The summed E-state index contributed by atoms with van der Waals surface area (Å²) in [5.74, 6) is 0.215. The van der Waals surface area contributed by atoms with Crippen molar-refractivity contribution >= 4 is 21.6 Å². The Labute approximate surface area is 161 Å². The summed E-state index contributed by atoms with van der Waals surface area (Å²) in [6.45, 7) is 1.65. The number of amides is 1.